The van der Waals surface area contributed by atoms with Gasteiger partial charge in [-0.2, -0.15) is 0 Å². The summed E-state index contributed by atoms with van der Waals surface area (Å²) < 4.78 is 23.0. The topological polar surface area (TPSA) is 83.1 Å². The highest BCUT2D eigenvalue weighted by atomic mass is 16.5. The number of hydrogen-bond acceptors (Lipinski definition) is 7. The number of esters is 1. The molecule has 3 aromatic carbocycles. The number of ketones is 1. The number of hydrogen-bond donors (Lipinski definition) is 1. The molecule has 1 aliphatic carbocycles. The second-order valence-corrected chi connectivity index (χ2v) is 11.4. The van der Waals surface area contributed by atoms with Gasteiger partial charge in [0.25, 0.3) is 0 Å². The second-order valence-electron chi connectivity index (χ2n) is 11.4. The van der Waals surface area contributed by atoms with Crippen LogP contribution in [0.15, 0.2) is 95.3 Å². The minimum absolute atomic E-state index is 0.0157. The van der Waals surface area contributed by atoms with Crippen molar-refractivity contribution in [2.45, 2.75) is 52.1 Å². The van der Waals surface area contributed by atoms with E-state index in [9.17, 15) is 9.59 Å². The molecule has 0 radical (unpaired) electrons. The molecule has 0 amide bonds. The van der Waals surface area contributed by atoms with Crippen LogP contribution in [0.5, 0.6) is 17.2 Å². The Kier molecular flexibility index (Phi) is 9.19. The average Bonchev–Trinajstić information content (AvgIpc) is 3.02. The van der Waals surface area contributed by atoms with Crippen molar-refractivity contribution in [1.29, 1.82) is 0 Å². The summed E-state index contributed by atoms with van der Waals surface area (Å²) in [5.74, 6) is 0.933. The molecule has 0 unspecified atom stereocenters. The number of methoxy groups -OCH3 is 2. The van der Waals surface area contributed by atoms with Crippen molar-refractivity contribution < 1.29 is 28.5 Å². The molecule has 3 aromatic rings. The van der Waals surface area contributed by atoms with E-state index in [1.807, 2.05) is 93.6 Å². The molecule has 2 atom stereocenters. The molecule has 0 bridgehead atoms. The molecule has 1 heterocycles. The Morgan fingerprint density at radius 3 is 2.35 bits per heavy atom. The SMILES string of the molecule is COc1ccc([C@H]2CC(=O)C3=C(C2)NC(C)=C(C(=O)OCC(C)C)[C@H]3c2ccccc2OCc2ccccc2)cc1OC. The molecule has 1 N–H and O–H groups in total. The smallest absolute Gasteiger partial charge is 0.336 e. The molecule has 1 aliphatic heterocycles. The van der Waals surface area contributed by atoms with Crippen molar-refractivity contribution in [3.05, 3.63) is 112 Å². The van der Waals surface area contributed by atoms with Crippen molar-refractivity contribution in [3.63, 3.8) is 0 Å². The van der Waals surface area contributed by atoms with Gasteiger partial charge in [0, 0.05) is 29.0 Å². The lowest BCUT2D eigenvalue weighted by molar-refractivity contribution is -0.140. The molecule has 0 fully saturated rings. The molecule has 5 rings (SSSR count). The van der Waals surface area contributed by atoms with Crippen molar-refractivity contribution in [2.24, 2.45) is 5.92 Å². The van der Waals surface area contributed by atoms with E-state index in [1.165, 1.54) is 0 Å². The minimum Gasteiger partial charge on any atom is -0.493 e. The third-order valence-electron chi connectivity index (χ3n) is 7.94. The van der Waals surface area contributed by atoms with E-state index >= 15 is 0 Å². The number of allylic oxidation sites excluding steroid dienone is 3. The van der Waals surface area contributed by atoms with E-state index in [4.69, 9.17) is 18.9 Å². The van der Waals surface area contributed by atoms with Crippen LogP contribution in [0.2, 0.25) is 0 Å². The molecule has 7 heteroatoms. The summed E-state index contributed by atoms with van der Waals surface area (Å²) in [4.78, 5) is 27.8. The maximum atomic E-state index is 14.1. The zero-order valence-corrected chi connectivity index (χ0v) is 25.4. The highest BCUT2D eigenvalue weighted by Gasteiger charge is 2.42. The monoisotopic (exact) mass is 581 g/mol. The van der Waals surface area contributed by atoms with Crippen LogP contribution in [0, 0.1) is 5.92 Å². The van der Waals surface area contributed by atoms with Crippen LogP contribution >= 0.6 is 0 Å². The predicted octanol–water partition coefficient (Wildman–Crippen LogP) is 6.84. The number of ether oxygens (including phenoxy) is 4. The van der Waals surface area contributed by atoms with E-state index in [0.29, 0.717) is 53.5 Å². The molecule has 224 valence electrons. The molecule has 7 nitrogen and oxygen atoms in total. The van der Waals surface area contributed by atoms with Gasteiger partial charge in [-0.05, 0) is 54.5 Å². The van der Waals surface area contributed by atoms with Crippen LogP contribution in [-0.4, -0.2) is 32.6 Å². The summed E-state index contributed by atoms with van der Waals surface area (Å²) in [5.41, 5.74) is 5.31. The van der Waals surface area contributed by atoms with Gasteiger partial charge in [-0.15, -0.1) is 0 Å². The zero-order chi connectivity index (χ0) is 30.5. The summed E-state index contributed by atoms with van der Waals surface area (Å²) >= 11 is 0. The van der Waals surface area contributed by atoms with Gasteiger partial charge in [-0.25, -0.2) is 4.79 Å². The Morgan fingerprint density at radius 1 is 0.907 bits per heavy atom. The summed E-state index contributed by atoms with van der Waals surface area (Å²) in [6, 6.07) is 23.4. The second kappa shape index (κ2) is 13.2. The number of carbonyl (C=O) groups excluding carboxylic acids is 2. The number of para-hydroxylation sites is 1. The molecular formula is C36H39NO6. The van der Waals surface area contributed by atoms with E-state index in [1.54, 1.807) is 14.2 Å². The van der Waals surface area contributed by atoms with E-state index in [2.05, 4.69) is 5.32 Å². The number of rotatable bonds is 10. The number of benzene rings is 3. The molecule has 0 spiro atoms. The Hall–Kier alpha value is -4.52. The Balaban J connectivity index is 1.55. The van der Waals surface area contributed by atoms with Crippen LogP contribution in [0.25, 0.3) is 0 Å². The fourth-order valence-electron chi connectivity index (χ4n) is 5.87. The van der Waals surface area contributed by atoms with Gasteiger partial charge in [0.15, 0.2) is 17.3 Å². The highest BCUT2D eigenvalue weighted by Crippen LogP contribution is 2.48. The maximum absolute atomic E-state index is 14.1. The van der Waals surface area contributed by atoms with Crippen LogP contribution in [0.1, 0.15) is 62.1 Å². The van der Waals surface area contributed by atoms with Gasteiger partial charge in [0.05, 0.1) is 32.3 Å². The Morgan fingerprint density at radius 2 is 1.63 bits per heavy atom. The minimum atomic E-state index is -0.623. The number of carbonyl (C=O) groups is 2. The molecule has 43 heavy (non-hydrogen) atoms. The van der Waals surface area contributed by atoms with Crippen molar-refractivity contribution in [3.8, 4) is 17.2 Å². The fraction of sp³-hybridized carbons (Fsp3) is 0.333. The predicted molar refractivity (Wildman–Crippen MR) is 165 cm³/mol. The molecule has 0 saturated heterocycles. The first-order valence-corrected chi connectivity index (χ1v) is 14.7. The van der Waals surface area contributed by atoms with Crippen molar-refractivity contribution in [1.82, 2.24) is 5.32 Å². The van der Waals surface area contributed by atoms with Gasteiger partial charge in [-0.3, -0.25) is 4.79 Å². The lowest BCUT2D eigenvalue weighted by atomic mass is 9.71. The molecular weight excluding hydrogens is 542 g/mol. The van der Waals surface area contributed by atoms with Crippen LogP contribution in [0.3, 0.4) is 0 Å². The lowest BCUT2D eigenvalue weighted by Gasteiger charge is -2.37. The average molecular weight is 582 g/mol. The largest absolute Gasteiger partial charge is 0.493 e. The lowest BCUT2D eigenvalue weighted by Crippen LogP contribution is -2.36. The standard InChI is InChI=1S/C36H39NO6/c1-22(2)20-43-36(39)33-23(3)37-28-17-26(25-15-16-31(40-4)32(19-25)41-5)18-29(38)35(28)34(33)27-13-9-10-14-30(27)42-21-24-11-7-6-8-12-24/h6-16,19,22,26,34,37H,17-18,20-21H2,1-5H3/t26-,34-/m1/s1. The van der Waals surface area contributed by atoms with Gasteiger partial charge < -0.3 is 24.3 Å². The third-order valence-corrected chi connectivity index (χ3v) is 7.94. The number of dihydropyridines is 1. The summed E-state index contributed by atoms with van der Waals surface area (Å²) in [7, 11) is 3.21. The first-order valence-electron chi connectivity index (χ1n) is 14.7. The van der Waals surface area contributed by atoms with E-state index in [0.717, 1.165) is 22.4 Å². The first-order chi connectivity index (χ1) is 20.8. The molecule has 0 aromatic heterocycles. The van der Waals surface area contributed by atoms with Crippen LogP contribution < -0.4 is 19.5 Å². The molecule has 2 aliphatic rings. The summed E-state index contributed by atoms with van der Waals surface area (Å²) in [6.07, 6.45) is 0.901. The summed E-state index contributed by atoms with van der Waals surface area (Å²) in [6.45, 7) is 6.52. The van der Waals surface area contributed by atoms with Crippen LogP contribution in [0.4, 0.5) is 0 Å². The zero-order valence-electron chi connectivity index (χ0n) is 25.4. The first kappa shape index (κ1) is 30.0. The highest BCUT2D eigenvalue weighted by molar-refractivity contribution is 6.04. The van der Waals surface area contributed by atoms with E-state index < -0.39 is 11.9 Å². The van der Waals surface area contributed by atoms with Crippen LogP contribution in [-0.2, 0) is 20.9 Å². The summed E-state index contributed by atoms with van der Waals surface area (Å²) in [5, 5.41) is 3.44. The van der Waals surface area contributed by atoms with Gasteiger partial charge >= 0.3 is 5.97 Å². The van der Waals surface area contributed by atoms with E-state index in [-0.39, 0.29) is 24.2 Å². The van der Waals surface area contributed by atoms with Gasteiger partial charge in [0.1, 0.15) is 12.4 Å². The third kappa shape index (κ3) is 6.46. The quantitative estimate of drug-likeness (QED) is 0.262. The van der Waals surface area contributed by atoms with Crippen molar-refractivity contribution >= 4 is 11.8 Å². The maximum Gasteiger partial charge on any atom is 0.336 e. The Labute approximate surface area is 253 Å². The van der Waals surface area contributed by atoms with Gasteiger partial charge in [0.2, 0.25) is 0 Å². The normalized spacial score (nSPS) is 18.2. The van der Waals surface area contributed by atoms with Gasteiger partial charge in [-0.1, -0.05) is 68.4 Å². The molecule has 0 saturated carbocycles. The fourth-order valence-corrected chi connectivity index (χ4v) is 5.87. The number of Topliss-reactive ketones (excluding diaryl/α,β-unsaturated/α-hetero) is 1. The Bertz CT molecular complexity index is 1550. The van der Waals surface area contributed by atoms with Crippen molar-refractivity contribution in [2.75, 3.05) is 20.8 Å². The number of nitrogens with one attached hydrogen (secondary N) is 1.